The third-order valence-electron chi connectivity index (χ3n) is 3.09. The van der Waals surface area contributed by atoms with Crippen molar-refractivity contribution < 1.29 is 9.90 Å². The molecule has 0 saturated carbocycles. The highest BCUT2D eigenvalue weighted by atomic mass is 16.2. The molecule has 1 atom stereocenters. The van der Waals surface area contributed by atoms with Crippen LogP contribution in [0.25, 0.3) is 0 Å². The second-order valence-corrected chi connectivity index (χ2v) is 4.93. The molecule has 1 unspecified atom stereocenters. The summed E-state index contributed by atoms with van der Waals surface area (Å²) in [5.41, 5.74) is 1.13. The van der Waals surface area contributed by atoms with E-state index in [1.54, 1.807) is 18.5 Å². The van der Waals surface area contributed by atoms with Crippen LogP contribution in [0, 0.1) is 17.8 Å². The number of carbonyl (C=O) groups excluding carboxylic acids is 1. The predicted octanol–water partition coefficient (Wildman–Crippen LogP) is 1.98. The summed E-state index contributed by atoms with van der Waals surface area (Å²) in [6.07, 6.45) is 4.44. The molecule has 1 rings (SSSR count). The number of nitrogens with one attached hydrogen (secondary N) is 1. The van der Waals surface area contributed by atoms with Crippen molar-refractivity contribution in [3.8, 4) is 11.8 Å². The highest BCUT2D eigenvalue weighted by molar-refractivity contribution is 5.96. The van der Waals surface area contributed by atoms with Gasteiger partial charge in [-0.1, -0.05) is 32.6 Å². The van der Waals surface area contributed by atoms with Gasteiger partial charge < -0.3 is 10.4 Å². The van der Waals surface area contributed by atoms with Crippen molar-refractivity contribution in [3.63, 3.8) is 0 Å². The smallest absolute Gasteiger partial charge is 0.252 e. The van der Waals surface area contributed by atoms with Gasteiger partial charge in [0, 0.05) is 24.9 Å². The topological polar surface area (TPSA) is 62.2 Å². The molecule has 2 N–H and O–H groups in total. The number of amides is 1. The van der Waals surface area contributed by atoms with Crippen LogP contribution in [0.2, 0.25) is 0 Å². The van der Waals surface area contributed by atoms with Crippen LogP contribution in [0.1, 0.15) is 49.5 Å². The molecule has 0 radical (unpaired) electrons. The fourth-order valence-electron chi connectivity index (χ4n) is 1.89. The third-order valence-corrected chi connectivity index (χ3v) is 3.09. The largest absolute Gasteiger partial charge is 0.395 e. The van der Waals surface area contributed by atoms with Crippen molar-refractivity contribution in [1.29, 1.82) is 0 Å². The van der Waals surface area contributed by atoms with E-state index in [9.17, 15) is 4.79 Å². The van der Waals surface area contributed by atoms with Crippen LogP contribution in [-0.4, -0.2) is 28.6 Å². The fourth-order valence-corrected chi connectivity index (χ4v) is 1.89. The van der Waals surface area contributed by atoms with Crippen molar-refractivity contribution in [2.24, 2.45) is 5.92 Å². The number of hydrogen-bond acceptors (Lipinski definition) is 3. The van der Waals surface area contributed by atoms with Crippen LogP contribution in [0.15, 0.2) is 18.5 Å². The predicted molar refractivity (Wildman–Crippen MR) is 79.2 cm³/mol. The Morgan fingerprint density at radius 3 is 2.85 bits per heavy atom. The molecule has 4 nitrogen and oxygen atoms in total. The lowest BCUT2D eigenvalue weighted by Crippen LogP contribution is -2.38. The van der Waals surface area contributed by atoms with Gasteiger partial charge in [-0.15, -0.1) is 0 Å². The molecule has 0 aliphatic rings. The van der Waals surface area contributed by atoms with Crippen molar-refractivity contribution in [2.45, 2.75) is 39.7 Å². The molecule has 0 aromatic carbocycles. The first-order valence-electron chi connectivity index (χ1n) is 6.94. The number of aliphatic hydroxyl groups excluding tert-OH is 1. The minimum atomic E-state index is -0.124. The van der Waals surface area contributed by atoms with E-state index >= 15 is 0 Å². The maximum Gasteiger partial charge on any atom is 0.252 e. The van der Waals surface area contributed by atoms with Crippen molar-refractivity contribution in [2.75, 3.05) is 6.61 Å². The van der Waals surface area contributed by atoms with Gasteiger partial charge in [0.05, 0.1) is 17.7 Å². The van der Waals surface area contributed by atoms with Gasteiger partial charge in [0.25, 0.3) is 5.91 Å². The summed E-state index contributed by atoms with van der Waals surface area (Å²) in [5.74, 6) is 5.96. The van der Waals surface area contributed by atoms with E-state index in [4.69, 9.17) is 5.11 Å². The van der Waals surface area contributed by atoms with E-state index in [1.165, 1.54) is 0 Å². The average molecular weight is 274 g/mol. The number of aromatic nitrogens is 1. The minimum absolute atomic E-state index is 0.0139. The Morgan fingerprint density at radius 1 is 1.50 bits per heavy atom. The summed E-state index contributed by atoms with van der Waals surface area (Å²) in [4.78, 5) is 16.3. The van der Waals surface area contributed by atoms with Crippen molar-refractivity contribution in [1.82, 2.24) is 10.3 Å². The quantitative estimate of drug-likeness (QED) is 0.807. The van der Waals surface area contributed by atoms with E-state index in [-0.39, 0.29) is 18.6 Å². The first-order chi connectivity index (χ1) is 9.60. The van der Waals surface area contributed by atoms with Crippen molar-refractivity contribution in [3.05, 3.63) is 29.6 Å². The molecule has 1 aromatic heterocycles. The summed E-state index contributed by atoms with van der Waals surface area (Å²) in [7, 11) is 0. The lowest BCUT2D eigenvalue weighted by molar-refractivity contribution is 0.0924. The molecule has 0 fully saturated rings. The number of carbonyl (C=O) groups is 1. The molecule has 4 heteroatoms. The molecular weight excluding hydrogens is 252 g/mol. The van der Waals surface area contributed by atoms with Gasteiger partial charge in [0.15, 0.2) is 0 Å². The standard InChI is InChI=1S/C16H22N2O2/c1-4-15(12(2)3)18-16(20)14-8-9-17-11-13(14)7-5-6-10-19/h8-9,11-12,15,19H,4,6,10H2,1-3H3,(H,18,20). The molecule has 0 aliphatic heterocycles. The monoisotopic (exact) mass is 274 g/mol. The molecule has 1 heterocycles. The lowest BCUT2D eigenvalue weighted by Gasteiger charge is -2.20. The Morgan fingerprint density at radius 2 is 2.25 bits per heavy atom. The Kier molecular flexibility index (Phi) is 6.75. The summed E-state index contributed by atoms with van der Waals surface area (Å²) in [6, 6.07) is 1.82. The fraction of sp³-hybridized carbons (Fsp3) is 0.500. The van der Waals surface area contributed by atoms with E-state index in [1.807, 2.05) is 0 Å². The van der Waals surface area contributed by atoms with Gasteiger partial charge in [-0.3, -0.25) is 9.78 Å². The van der Waals surface area contributed by atoms with Crippen LogP contribution < -0.4 is 5.32 Å². The first-order valence-corrected chi connectivity index (χ1v) is 6.94. The number of pyridine rings is 1. The van der Waals surface area contributed by atoms with E-state index < -0.39 is 0 Å². The molecule has 108 valence electrons. The van der Waals surface area contributed by atoms with Crippen LogP contribution in [0.4, 0.5) is 0 Å². The normalized spacial score (nSPS) is 11.7. The number of hydrogen-bond donors (Lipinski definition) is 2. The zero-order valence-electron chi connectivity index (χ0n) is 12.3. The van der Waals surface area contributed by atoms with Crippen LogP contribution in [0.3, 0.4) is 0 Å². The summed E-state index contributed by atoms with van der Waals surface area (Å²) < 4.78 is 0. The lowest BCUT2D eigenvalue weighted by atomic mass is 10.0. The molecule has 0 aliphatic carbocycles. The van der Waals surface area contributed by atoms with Crippen LogP contribution >= 0.6 is 0 Å². The molecule has 0 saturated heterocycles. The van der Waals surface area contributed by atoms with Crippen LogP contribution in [-0.2, 0) is 0 Å². The van der Waals surface area contributed by atoms with E-state index in [0.717, 1.165) is 6.42 Å². The zero-order chi connectivity index (χ0) is 15.0. The van der Waals surface area contributed by atoms with Crippen molar-refractivity contribution >= 4 is 5.91 Å². The summed E-state index contributed by atoms with van der Waals surface area (Å²) in [6.45, 7) is 6.24. The second kappa shape index (κ2) is 8.34. The van der Waals surface area contributed by atoms with Gasteiger partial charge in [-0.25, -0.2) is 0 Å². The molecule has 1 amide bonds. The SMILES string of the molecule is CCC(NC(=O)c1ccncc1C#CCCO)C(C)C. The highest BCUT2D eigenvalue weighted by Gasteiger charge is 2.17. The highest BCUT2D eigenvalue weighted by Crippen LogP contribution is 2.10. The van der Waals surface area contributed by atoms with Gasteiger partial charge in [0.2, 0.25) is 0 Å². The van der Waals surface area contributed by atoms with Gasteiger partial charge in [0.1, 0.15) is 0 Å². The average Bonchev–Trinajstić information content (AvgIpc) is 2.45. The van der Waals surface area contributed by atoms with Gasteiger partial charge in [-0.2, -0.15) is 0 Å². The van der Waals surface area contributed by atoms with Gasteiger partial charge in [-0.05, 0) is 18.4 Å². The molecular formula is C16H22N2O2. The first kappa shape index (κ1) is 16.2. The second-order valence-electron chi connectivity index (χ2n) is 4.93. The number of nitrogens with zero attached hydrogens (tertiary/aromatic N) is 1. The van der Waals surface area contributed by atoms with Crippen LogP contribution in [0.5, 0.6) is 0 Å². The summed E-state index contributed by atoms with van der Waals surface area (Å²) in [5, 5.41) is 11.8. The molecule has 0 spiro atoms. The Bertz CT molecular complexity index is 501. The summed E-state index contributed by atoms with van der Waals surface area (Å²) >= 11 is 0. The Balaban J connectivity index is 2.91. The Labute approximate surface area is 120 Å². The van der Waals surface area contributed by atoms with E-state index in [0.29, 0.717) is 23.5 Å². The maximum absolute atomic E-state index is 12.3. The van der Waals surface area contributed by atoms with E-state index in [2.05, 4.69) is 42.9 Å². The Hall–Kier alpha value is -1.86. The molecule has 0 bridgehead atoms. The zero-order valence-corrected chi connectivity index (χ0v) is 12.3. The minimum Gasteiger partial charge on any atom is -0.395 e. The number of rotatable bonds is 5. The third kappa shape index (κ3) is 4.67. The van der Waals surface area contributed by atoms with Gasteiger partial charge >= 0.3 is 0 Å². The molecule has 20 heavy (non-hydrogen) atoms. The number of aliphatic hydroxyl groups is 1. The maximum atomic E-state index is 12.3. The molecule has 1 aromatic rings.